The van der Waals surface area contributed by atoms with Gasteiger partial charge in [0, 0.05) is 30.5 Å². The van der Waals surface area contributed by atoms with Crippen LogP contribution >= 0.6 is 0 Å². The highest BCUT2D eigenvalue weighted by Gasteiger charge is 2.29. The van der Waals surface area contributed by atoms with Gasteiger partial charge in [-0.1, -0.05) is 13.3 Å². The maximum Gasteiger partial charge on any atom is 0.254 e. The molecule has 1 aromatic rings. The number of aromatic nitrogens is 1. The number of H-pyrrole nitrogens is 1. The van der Waals surface area contributed by atoms with Gasteiger partial charge in [0.05, 0.1) is 0 Å². The van der Waals surface area contributed by atoms with Crippen LogP contribution in [-0.2, 0) is 16.6 Å². The zero-order valence-corrected chi connectivity index (χ0v) is 13.8. The van der Waals surface area contributed by atoms with Crippen molar-refractivity contribution in [2.75, 3.05) is 6.54 Å². The van der Waals surface area contributed by atoms with E-state index in [1.165, 1.54) is 0 Å². The van der Waals surface area contributed by atoms with Gasteiger partial charge in [0.1, 0.15) is 4.90 Å². The number of rotatable bonds is 6. The number of aromatic amines is 1. The summed E-state index contributed by atoms with van der Waals surface area (Å²) in [5, 5.41) is 5.04. The second kappa shape index (κ2) is 6.91. The lowest BCUT2D eigenvalue weighted by atomic mass is 10.0. The van der Waals surface area contributed by atoms with Crippen LogP contribution in [0.3, 0.4) is 0 Å². The second-order valence-corrected chi connectivity index (χ2v) is 7.43. The Bertz CT molecular complexity index is 545. The van der Waals surface area contributed by atoms with E-state index in [1.54, 1.807) is 12.3 Å². The van der Waals surface area contributed by atoms with E-state index in [4.69, 9.17) is 0 Å². The summed E-state index contributed by atoms with van der Waals surface area (Å²) in [4.78, 5) is 6.04. The van der Waals surface area contributed by atoms with E-state index in [0.29, 0.717) is 11.4 Å². The predicted molar refractivity (Wildman–Crippen MR) is 83.1 cm³/mol. The van der Waals surface area contributed by atoms with Crippen LogP contribution in [0.1, 0.15) is 45.7 Å². The van der Waals surface area contributed by atoms with Gasteiger partial charge in [-0.3, -0.25) is 0 Å². The summed E-state index contributed by atoms with van der Waals surface area (Å²) in [5.41, 5.74) is 0.872. The van der Waals surface area contributed by atoms with Crippen LogP contribution in [0.25, 0.3) is 0 Å². The topological polar surface area (TPSA) is 77.2 Å². The van der Waals surface area contributed by atoms with Crippen molar-refractivity contribution < 1.29 is 8.42 Å². The third kappa shape index (κ3) is 4.06. The monoisotopic (exact) mass is 314 g/mol. The molecule has 2 heterocycles. The largest absolute Gasteiger partial charge is 0.363 e. The van der Waals surface area contributed by atoms with Crippen LogP contribution in [0.15, 0.2) is 17.2 Å². The summed E-state index contributed by atoms with van der Waals surface area (Å²) in [7, 11) is -3.51. The molecule has 0 saturated carbocycles. The standard InChI is InChI=1S/C14H26N4O2S/c1-4-15-9-13-8-14(10-16-13)21(19,20)17-18-11(2)6-5-7-12(18)3/h8,10-12,15-17H,4-7,9H2,1-3H3. The van der Waals surface area contributed by atoms with Crippen molar-refractivity contribution in [2.45, 2.75) is 63.6 Å². The molecule has 0 spiro atoms. The molecule has 1 aliphatic rings. The molecule has 0 aliphatic carbocycles. The molecule has 2 rings (SSSR count). The first-order valence-corrected chi connectivity index (χ1v) is 9.11. The number of sulfonamides is 1. The van der Waals surface area contributed by atoms with Gasteiger partial charge in [0.15, 0.2) is 0 Å². The first-order valence-electron chi connectivity index (χ1n) is 7.63. The first-order chi connectivity index (χ1) is 9.94. The zero-order chi connectivity index (χ0) is 15.5. The van der Waals surface area contributed by atoms with E-state index in [2.05, 4.69) is 29.0 Å². The molecule has 1 aliphatic heterocycles. The molecular weight excluding hydrogens is 288 g/mol. The van der Waals surface area contributed by atoms with Crippen LogP contribution < -0.4 is 10.1 Å². The summed E-state index contributed by atoms with van der Waals surface area (Å²) >= 11 is 0. The first kappa shape index (κ1) is 16.5. The molecule has 3 N–H and O–H groups in total. The average molecular weight is 314 g/mol. The van der Waals surface area contributed by atoms with Crippen molar-refractivity contribution in [3.05, 3.63) is 18.0 Å². The molecule has 0 bridgehead atoms. The van der Waals surface area contributed by atoms with Gasteiger partial charge in [-0.05, 0) is 39.3 Å². The molecule has 2 unspecified atom stereocenters. The SMILES string of the molecule is CCNCc1cc(S(=O)(=O)NN2C(C)CCCC2C)c[nH]1. The van der Waals surface area contributed by atoms with Crippen LogP contribution in [0.4, 0.5) is 0 Å². The number of hydrogen-bond acceptors (Lipinski definition) is 4. The Labute approximate surface area is 127 Å². The third-order valence-corrected chi connectivity index (χ3v) is 5.32. The molecular formula is C14H26N4O2S. The minimum Gasteiger partial charge on any atom is -0.363 e. The molecule has 6 nitrogen and oxygen atoms in total. The normalized spacial score (nSPS) is 24.3. The molecule has 0 radical (unpaired) electrons. The van der Waals surface area contributed by atoms with Gasteiger partial charge in [-0.25, -0.2) is 13.4 Å². The fourth-order valence-electron chi connectivity index (χ4n) is 2.73. The lowest BCUT2D eigenvalue weighted by Crippen LogP contribution is -2.53. The summed E-state index contributed by atoms with van der Waals surface area (Å²) in [6, 6.07) is 2.14. The van der Waals surface area contributed by atoms with Crippen LogP contribution in [0, 0.1) is 0 Å². The quantitative estimate of drug-likeness (QED) is 0.745. The van der Waals surface area contributed by atoms with Crippen molar-refractivity contribution in [2.24, 2.45) is 0 Å². The zero-order valence-electron chi connectivity index (χ0n) is 13.0. The van der Waals surface area contributed by atoms with E-state index >= 15 is 0 Å². The fourth-order valence-corrected chi connectivity index (χ4v) is 3.98. The molecule has 120 valence electrons. The summed E-state index contributed by atoms with van der Waals surface area (Å²) < 4.78 is 25.0. The number of nitrogens with one attached hydrogen (secondary N) is 3. The number of nitrogens with zero attached hydrogens (tertiary/aromatic N) is 1. The van der Waals surface area contributed by atoms with Crippen molar-refractivity contribution in [1.29, 1.82) is 0 Å². The Hall–Kier alpha value is -0.890. The van der Waals surface area contributed by atoms with E-state index in [-0.39, 0.29) is 12.1 Å². The molecule has 0 aromatic carbocycles. The van der Waals surface area contributed by atoms with Gasteiger partial charge in [-0.2, -0.15) is 0 Å². The maximum atomic E-state index is 12.5. The number of piperidine rings is 1. The van der Waals surface area contributed by atoms with Gasteiger partial charge in [-0.15, -0.1) is 4.83 Å². The maximum absolute atomic E-state index is 12.5. The molecule has 21 heavy (non-hydrogen) atoms. The van der Waals surface area contributed by atoms with Crippen molar-refractivity contribution >= 4 is 10.0 Å². The molecule has 2 atom stereocenters. The van der Waals surface area contributed by atoms with Gasteiger partial charge in [0.2, 0.25) is 0 Å². The van der Waals surface area contributed by atoms with Crippen molar-refractivity contribution in [3.63, 3.8) is 0 Å². The molecule has 0 amide bonds. The fraction of sp³-hybridized carbons (Fsp3) is 0.714. The summed E-state index contributed by atoms with van der Waals surface area (Å²) in [5.74, 6) is 0. The Morgan fingerprint density at radius 2 is 2.00 bits per heavy atom. The minimum atomic E-state index is -3.51. The van der Waals surface area contributed by atoms with Gasteiger partial charge in [0.25, 0.3) is 10.0 Å². The molecule has 1 fully saturated rings. The Morgan fingerprint density at radius 1 is 1.33 bits per heavy atom. The lowest BCUT2D eigenvalue weighted by molar-refractivity contribution is 0.0790. The summed E-state index contributed by atoms with van der Waals surface area (Å²) in [6.07, 6.45) is 4.74. The second-order valence-electron chi connectivity index (χ2n) is 5.77. The van der Waals surface area contributed by atoms with E-state index in [0.717, 1.165) is 31.5 Å². The van der Waals surface area contributed by atoms with E-state index in [1.807, 2.05) is 11.9 Å². The minimum absolute atomic E-state index is 0.226. The van der Waals surface area contributed by atoms with Crippen molar-refractivity contribution in [1.82, 2.24) is 20.1 Å². The van der Waals surface area contributed by atoms with E-state index in [9.17, 15) is 8.42 Å². The molecule has 7 heteroatoms. The highest BCUT2D eigenvalue weighted by atomic mass is 32.2. The highest BCUT2D eigenvalue weighted by molar-refractivity contribution is 7.89. The predicted octanol–water partition coefficient (Wildman–Crippen LogP) is 1.58. The third-order valence-electron chi connectivity index (χ3n) is 4.01. The van der Waals surface area contributed by atoms with Crippen LogP contribution in [0.5, 0.6) is 0 Å². The Morgan fingerprint density at radius 3 is 2.62 bits per heavy atom. The number of hydrogen-bond donors (Lipinski definition) is 3. The number of hydrazine groups is 1. The highest BCUT2D eigenvalue weighted by Crippen LogP contribution is 2.22. The molecule has 1 aromatic heterocycles. The van der Waals surface area contributed by atoms with Crippen molar-refractivity contribution in [3.8, 4) is 0 Å². The Balaban J connectivity index is 2.08. The van der Waals surface area contributed by atoms with Crippen LogP contribution in [-0.4, -0.2) is 37.0 Å². The lowest BCUT2D eigenvalue weighted by Gasteiger charge is -2.38. The van der Waals surface area contributed by atoms with Crippen LogP contribution in [0.2, 0.25) is 0 Å². The van der Waals surface area contributed by atoms with E-state index < -0.39 is 10.0 Å². The van der Waals surface area contributed by atoms with Gasteiger partial charge < -0.3 is 10.3 Å². The summed E-state index contributed by atoms with van der Waals surface area (Å²) in [6.45, 7) is 7.63. The molecule has 1 saturated heterocycles. The Kier molecular flexibility index (Phi) is 5.43. The average Bonchev–Trinajstić information content (AvgIpc) is 2.90. The van der Waals surface area contributed by atoms with Gasteiger partial charge >= 0.3 is 0 Å². The smallest absolute Gasteiger partial charge is 0.254 e.